The highest BCUT2D eigenvalue weighted by molar-refractivity contribution is 5.81. The van der Waals surface area contributed by atoms with Crippen LogP contribution in [0.4, 0.5) is 0 Å². The van der Waals surface area contributed by atoms with Crippen LogP contribution in [-0.4, -0.2) is 30.1 Å². The number of unbranched alkanes of at least 4 members (excludes halogenated alkanes) is 5. The molecule has 1 N–H and O–H groups in total. The number of Topliss-reactive ketones (excluding diaryl/α,β-unsaturated/α-hetero) is 1. The smallest absolute Gasteiger partial charge is 0.330 e. The number of carbonyl (C=O) groups is 2. The molecule has 1 unspecified atom stereocenters. The lowest BCUT2D eigenvalue weighted by molar-refractivity contribution is -0.134. The average Bonchev–Trinajstić information content (AvgIpc) is 2.53. The van der Waals surface area contributed by atoms with E-state index in [4.69, 9.17) is 0 Å². The van der Waals surface area contributed by atoms with E-state index in [1.54, 1.807) is 0 Å². The predicted molar refractivity (Wildman–Crippen MR) is 93.2 cm³/mol. The quantitative estimate of drug-likeness (QED) is 0.276. The monoisotopic (exact) mass is 326 g/mol. The van der Waals surface area contributed by atoms with Crippen molar-refractivity contribution in [3.8, 4) is 0 Å². The van der Waals surface area contributed by atoms with Crippen molar-refractivity contribution in [2.24, 2.45) is 0 Å². The topological polar surface area (TPSA) is 63.6 Å². The first-order valence-electron chi connectivity index (χ1n) is 9.04. The molecule has 0 aliphatic heterocycles. The highest BCUT2D eigenvalue weighted by Crippen LogP contribution is 2.12. The molecule has 0 aromatic carbocycles. The van der Waals surface area contributed by atoms with Crippen molar-refractivity contribution in [1.82, 2.24) is 0 Å². The lowest BCUT2D eigenvalue weighted by atomic mass is 10.0. The molecular weight excluding hydrogens is 292 g/mol. The van der Waals surface area contributed by atoms with Crippen molar-refractivity contribution < 1.29 is 19.4 Å². The lowest BCUT2D eigenvalue weighted by Crippen LogP contribution is -2.07. The predicted octanol–water partition coefficient (Wildman–Crippen LogP) is 4.35. The zero-order valence-electron chi connectivity index (χ0n) is 14.9. The number of ketones is 1. The SMILES string of the molecule is CCCCCC(=O)CCCC(O)CCCCCC=CC(=O)OC. The summed E-state index contributed by atoms with van der Waals surface area (Å²) in [7, 11) is 1.37. The number of aliphatic hydroxyl groups excluding tert-OH is 1. The van der Waals surface area contributed by atoms with Crippen LogP contribution in [0.3, 0.4) is 0 Å². The van der Waals surface area contributed by atoms with Crippen LogP contribution >= 0.6 is 0 Å². The summed E-state index contributed by atoms with van der Waals surface area (Å²) in [5.74, 6) is 0.0210. The Morgan fingerprint density at radius 2 is 1.70 bits per heavy atom. The van der Waals surface area contributed by atoms with Crippen LogP contribution in [0.25, 0.3) is 0 Å². The number of hydrogen-bond donors (Lipinski definition) is 1. The molecule has 0 bridgehead atoms. The van der Waals surface area contributed by atoms with Crippen LogP contribution in [0, 0.1) is 0 Å². The largest absolute Gasteiger partial charge is 0.466 e. The minimum absolute atomic E-state index is 0.288. The molecule has 4 nitrogen and oxygen atoms in total. The van der Waals surface area contributed by atoms with Gasteiger partial charge in [0.25, 0.3) is 0 Å². The summed E-state index contributed by atoms with van der Waals surface area (Å²) in [4.78, 5) is 22.5. The average molecular weight is 326 g/mol. The molecule has 1 atom stereocenters. The molecule has 0 radical (unpaired) electrons. The van der Waals surface area contributed by atoms with Gasteiger partial charge in [0.2, 0.25) is 0 Å². The van der Waals surface area contributed by atoms with E-state index in [9.17, 15) is 14.7 Å². The van der Waals surface area contributed by atoms with Crippen molar-refractivity contribution in [3.05, 3.63) is 12.2 Å². The highest BCUT2D eigenvalue weighted by Gasteiger charge is 2.06. The second kappa shape index (κ2) is 15.7. The van der Waals surface area contributed by atoms with Crippen LogP contribution in [-0.2, 0) is 14.3 Å². The Bertz CT molecular complexity index is 336. The molecule has 0 aliphatic rings. The molecule has 0 heterocycles. The fourth-order valence-electron chi connectivity index (χ4n) is 2.44. The Kier molecular flexibility index (Phi) is 14.9. The molecule has 0 aromatic heterocycles. The normalized spacial score (nSPS) is 12.5. The van der Waals surface area contributed by atoms with Crippen molar-refractivity contribution in [2.45, 2.75) is 90.1 Å². The van der Waals surface area contributed by atoms with Gasteiger partial charge in [-0.05, 0) is 38.5 Å². The van der Waals surface area contributed by atoms with E-state index in [0.717, 1.165) is 64.2 Å². The molecular formula is C19H34O4. The van der Waals surface area contributed by atoms with Gasteiger partial charge in [-0.15, -0.1) is 0 Å². The highest BCUT2D eigenvalue weighted by atomic mass is 16.5. The molecule has 0 saturated carbocycles. The third-order valence-electron chi connectivity index (χ3n) is 3.92. The molecule has 0 fully saturated rings. The maximum absolute atomic E-state index is 11.6. The van der Waals surface area contributed by atoms with E-state index in [0.29, 0.717) is 18.6 Å². The minimum atomic E-state index is -0.315. The first-order valence-corrected chi connectivity index (χ1v) is 9.04. The van der Waals surface area contributed by atoms with E-state index in [-0.39, 0.29) is 12.1 Å². The van der Waals surface area contributed by atoms with Gasteiger partial charge in [-0.25, -0.2) is 4.79 Å². The molecule has 134 valence electrons. The fourth-order valence-corrected chi connectivity index (χ4v) is 2.44. The third kappa shape index (κ3) is 15.5. The van der Waals surface area contributed by atoms with Crippen LogP contribution in [0.15, 0.2) is 12.2 Å². The molecule has 0 aliphatic carbocycles. The van der Waals surface area contributed by atoms with E-state index >= 15 is 0 Å². The van der Waals surface area contributed by atoms with Gasteiger partial charge in [0.1, 0.15) is 5.78 Å². The van der Waals surface area contributed by atoms with Crippen molar-refractivity contribution in [3.63, 3.8) is 0 Å². The number of esters is 1. The first kappa shape index (κ1) is 21.8. The Morgan fingerprint density at radius 1 is 1.00 bits per heavy atom. The van der Waals surface area contributed by atoms with Crippen LogP contribution in [0.1, 0.15) is 84.0 Å². The zero-order chi connectivity index (χ0) is 17.3. The third-order valence-corrected chi connectivity index (χ3v) is 3.92. The molecule has 0 spiro atoms. The summed E-state index contributed by atoms with van der Waals surface area (Å²) in [6.07, 6.45) is 13.8. The number of aliphatic hydroxyl groups is 1. The molecule has 0 saturated heterocycles. The zero-order valence-corrected chi connectivity index (χ0v) is 14.9. The second-order valence-corrected chi connectivity index (χ2v) is 6.11. The van der Waals surface area contributed by atoms with Crippen molar-refractivity contribution in [2.75, 3.05) is 7.11 Å². The Labute approximate surface area is 141 Å². The second-order valence-electron chi connectivity index (χ2n) is 6.11. The standard InChI is InChI=1S/C19H34O4/c1-3-4-8-12-17(20)14-11-15-18(21)13-9-6-5-7-10-16-19(22)23-2/h10,16,18,21H,3-9,11-15H2,1-2H3. The Balaban J connectivity index is 3.43. The maximum Gasteiger partial charge on any atom is 0.330 e. The van der Waals surface area contributed by atoms with Crippen molar-refractivity contribution in [1.29, 1.82) is 0 Å². The first-order chi connectivity index (χ1) is 11.1. The number of rotatable bonds is 15. The van der Waals surface area contributed by atoms with E-state index in [2.05, 4.69) is 11.7 Å². The van der Waals surface area contributed by atoms with Crippen molar-refractivity contribution >= 4 is 11.8 Å². The van der Waals surface area contributed by atoms with Gasteiger partial charge >= 0.3 is 5.97 Å². The van der Waals surface area contributed by atoms with Gasteiger partial charge < -0.3 is 9.84 Å². The van der Waals surface area contributed by atoms with Gasteiger partial charge in [-0.1, -0.05) is 38.7 Å². The fraction of sp³-hybridized carbons (Fsp3) is 0.789. The van der Waals surface area contributed by atoms with Crippen LogP contribution in [0.2, 0.25) is 0 Å². The van der Waals surface area contributed by atoms with Gasteiger partial charge in [0.15, 0.2) is 0 Å². The van der Waals surface area contributed by atoms with E-state index < -0.39 is 0 Å². The van der Waals surface area contributed by atoms with Gasteiger partial charge in [0, 0.05) is 18.9 Å². The van der Waals surface area contributed by atoms with Gasteiger partial charge in [-0.2, -0.15) is 0 Å². The lowest BCUT2D eigenvalue weighted by Gasteiger charge is -2.09. The Hall–Kier alpha value is -1.16. The summed E-state index contributed by atoms with van der Waals surface area (Å²) in [6.45, 7) is 2.14. The molecule has 0 amide bonds. The van der Waals surface area contributed by atoms with E-state index in [1.807, 2.05) is 6.08 Å². The van der Waals surface area contributed by atoms with Crippen LogP contribution < -0.4 is 0 Å². The Morgan fingerprint density at radius 3 is 2.39 bits per heavy atom. The van der Waals surface area contributed by atoms with E-state index in [1.165, 1.54) is 13.2 Å². The van der Waals surface area contributed by atoms with Crippen LogP contribution in [0.5, 0.6) is 0 Å². The van der Waals surface area contributed by atoms with Gasteiger partial charge in [-0.3, -0.25) is 4.79 Å². The number of methoxy groups -OCH3 is 1. The number of carbonyl (C=O) groups excluding carboxylic acids is 2. The summed E-state index contributed by atoms with van der Waals surface area (Å²) in [5.41, 5.74) is 0. The molecule has 0 rings (SSSR count). The molecule has 0 aromatic rings. The number of ether oxygens (including phenoxy) is 1. The maximum atomic E-state index is 11.6. The molecule has 23 heavy (non-hydrogen) atoms. The summed E-state index contributed by atoms with van der Waals surface area (Å²) in [5, 5.41) is 9.90. The summed E-state index contributed by atoms with van der Waals surface area (Å²) >= 11 is 0. The summed E-state index contributed by atoms with van der Waals surface area (Å²) < 4.78 is 4.51. The summed E-state index contributed by atoms with van der Waals surface area (Å²) in [6, 6.07) is 0. The minimum Gasteiger partial charge on any atom is -0.466 e. The van der Waals surface area contributed by atoms with Gasteiger partial charge in [0.05, 0.1) is 13.2 Å². The number of hydrogen-bond acceptors (Lipinski definition) is 4. The molecule has 4 heteroatoms. The number of allylic oxidation sites excluding steroid dienone is 1.